The van der Waals surface area contributed by atoms with Gasteiger partial charge >= 0.3 is 5.97 Å². The van der Waals surface area contributed by atoms with E-state index in [0.717, 1.165) is 11.1 Å². The normalized spacial score (nSPS) is 13.8. The van der Waals surface area contributed by atoms with Crippen molar-refractivity contribution in [3.63, 3.8) is 0 Å². The molecule has 0 heterocycles. The van der Waals surface area contributed by atoms with Crippen LogP contribution in [-0.4, -0.2) is 42.1 Å². The highest BCUT2D eigenvalue weighted by atomic mass is 16.5. The van der Waals surface area contributed by atoms with Crippen LogP contribution in [0.1, 0.15) is 49.8 Å². The molecule has 0 radical (unpaired) electrons. The first-order valence-electron chi connectivity index (χ1n) is 13.1. The van der Waals surface area contributed by atoms with Crippen molar-refractivity contribution in [2.45, 2.75) is 51.1 Å². The SMILES string of the molecule is C=CCC[C@H](Cc1ccccc1)C(=O)OC[C@@H](NC(=O)[C@@H](CC=C)CC(=O)N[C@H](C)CO)c1ccccc1. The highest BCUT2D eigenvalue weighted by molar-refractivity contribution is 5.86. The van der Waals surface area contributed by atoms with Crippen molar-refractivity contribution in [3.8, 4) is 0 Å². The van der Waals surface area contributed by atoms with Crippen LogP contribution in [0, 0.1) is 11.8 Å². The van der Waals surface area contributed by atoms with Crippen molar-refractivity contribution in [2.75, 3.05) is 13.2 Å². The van der Waals surface area contributed by atoms with Crippen LogP contribution in [0.25, 0.3) is 0 Å². The lowest BCUT2D eigenvalue weighted by molar-refractivity contribution is -0.150. The molecule has 0 unspecified atom stereocenters. The van der Waals surface area contributed by atoms with E-state index in [1.54, 1.807) is 19.1 Å². The number of esters is 1. The molecule has 4 atom stereocenters. The summed E-state index contributed by atoms with van der Waals surface area (Å²) < 4.78 is 5.76. The van der Waals surface area contributed by atoms with Gasteiger partial charge in [0.25, 0.3) is 0 Å². The van der Waals surface area contributed by atoms with Gasteiger partial charge < -0.3 is 20.5 Å². The van der Waals surface area contributed by atoms with Crippen LogP contribution in [0.4, 0.5) is 0 Å². The Bertz CT molecular complexity index is 1030. The van der Waals surface area contributed by atoms with Crippen LogP contribution in [-0.2, 0) is 25.5 Å². The number of carbonyl (C=O) groups excluding carboxylic acids is 3. The topological polar surface area (TPSA) is 105 Å². The fourth-order valence-corrected chi connectivity index (χ4v) is 4.09. The molecule has 2 rings (SSSR count). The first-order chi connectivity index (χ1) is 18.4. The van der Waals surface area contributed by atoms with E-state index in [4.69, 9.17) is 4.74 Å². The Morgan fingerprint density at radius 1 is 0.947 bits per heavy atom. The van der Waals surface area contributed by atoms with Crippen LogP contribution in [0.2, 0.25) is 0 Å². The second-order valence-corrected chi connectivity index (χ2v) is 9.43. The fourth-order valence-electron chi connectivity index (χ4n) is 4.09. The fraction of sp³-hybridized carbons (Fsp3) is 0.387. The third-order valence-electron chi connectivity index (χ3n) is 6.22. The third kappa shape index (κ3) is 10.7. The Labute approximate surface area is 226 Å². The van der Waals surface area contributed by atoms with Crippen molar-refractivity contribution in [2.24, 2.45) is 11.8 Å². The maximum atomic E-state index is 13.2. The summed E-state index contributed by atoms with van der Waals surface area (Å²) in [7, 11) is 0. The van der Waals surface area contributed by atoms with Crippen LogP contribution in [0.5, 0.6) is 0 Å². The van der Waals surface area contributed by atoms with Crippen molar-refractivity contribution in [1.29, 1.82) is 0 Å². The van der Waals surface area contributed by atoms with E-state index in [1.807, 2.05) is 60.7 Å². The smallest absolute Gasteiger partial charge is 0.309 e. The van der Waals surface area contributed by atoms with Gasteiger partial charge in [-0.05, 0) is 43.7 Å². The van der Waals surface area contributed by atoms with Crippen molar-refractivity contribution in [1.82, 2.24) is 10.6 Å². The van der Waals surface area contributed by atoms with Gasteiger partial charge in [-0.2, -0.15) is 0 Å². The molecule has 0 saturated heterocycles. The molecule has 2 amide bonds. The van der Waals surface area contributed by atoms with Crippen LogP contribution in [0.3, 0.4) is 0 Å². The summed E-state index contributed by atoms with van der Waals surface area (Å²) in [5.74, 6) is -1.99. The first-order valence-corrected chi connectivity index (χ1v) is 13.1. The molecule has 0 aliphatic heterocycles. The molecule has 204 valence electrons. The number of carbonyl (C=O) groups is 3. The predicted octanol–water partition coefficient (Wildman–Crippen LogP) is 4.29. The van der Waals surface area contributed by atoms with E-state index < -0.39 is 18.0 Å². The Hall–Kier alpha value is -3.71. The number of benzene rings is 2. The van der Waals surface area contributed by atoms with Gasteiger partial charge in [-0.1, -0.05) is 72.8 Å². The number of nitrogens with one attached hydrogen (secondary N) is 2. The molecule has 2 aromatic rings. The van der Waals surface area contributed by atoms with E-state index in [-0.39, 0.29) is 43.3 Å². The standard InChI is InChI=1S/C31H40N2O5/c1-4-6-16-27(19-24-14-9-7-10-15-24)31(37)38-22-28(25-17-11-8-12-18-25)33-30(36)26(13-5-2)20-29(35)32-23(3)21-34/h4-5,7-12,14-15,17-18,23,26-28,34H,1-2,6,13,16,19-22H2,3H3,(H,32,35)(H,33,36)/t23-,26+,27-,28-/m1/s1. The Morgan fingerprint density at radius 3 is 2.21 bits per heavy atom. The summed E-state index contributed by atoms with van der Waals surface area (Å²) in [4.78, 5) is 38.7. The molecule has 2 aromatic carbocycles. The first kappa shape index (κ1) is 30.5. The molecule has 0 aliphatic rings. The number of aliphatic hydroxyl groups is 1. The van der Waals surface area contributed by atoms with Crippen LogP contribution < -0.4 is 10.6 Å². The molecule has 38 heavy (non-hydrogen) atoms. The molecule has 0 spiro atoms. The van der Waals surface area contributed by atoms with Gasteiger partial charge in [-0.3, -0.25) is 14.4 Å². The van der Waals surface area contributed by atoms with Gasteiger partial charge in [0.05, 0.1) is 24.5 Å². The summed E-state index contributed by atoms with van der Waals surface area (Å²) in [5.41, 5.74) is 1.84. The minimum Gasteiger partial charge on any atom is -0.463 e. The minimum absolute atomic E-state index is 0.0392. The number of aliphatic hydroxyl groups excluding tert-OH is 1. The monoisotopic (exact) mass is 520 g/mol. The number of amides is 2. The molecule has 0 aromatic heterocycles. The average molecular weight is 521 g/mol. The second-order valence-electron chi connectivity index (χ2n) is 9.43. The summed E-state index contributed by atoms with van der Waals surface area (Å²) in [6.45, 7) is 8.94. The van der Waals surface area contributed by atoms with Crippen LogP contribution in [0.15, 0.2) is 86.0 Å². The molecule has 0 aliphatic carbocycles. The van der Waals surface area contributed by atoms with E-state index in [2.05, 4.69) is 23.8 Å². The lowest BCUT2D eigenvalue weighted by Crippen LogP contribution is -2.41. The van der Waals surface area contributed by atoms with E-state index >= 15 is 0 Å². The summed E-state index contributed by atoms with van der Waals surface area (Å²) >= 11 is 0. The van der Waals surface area contributed by atoms with E-state index in [0.29, 0.717) is 25.7 Å². The lowest BCUT2D eigenvalue weighted by atomic mass is 9.95. The zero-order valence-corrected chi connectivity index (χ0v) is 22.2. The Balaban J connectivity index is 2.12. The second kappa shape index (κ2) is 16.9. The molecule has 7 nitrogen and oxygen atoms in total. The largest absolute Gasteiger partial charge is 0.463 e. The van der Waals surface area contributed by atoms with E-state index in [1.165, 1.54) is 0 Å². The zero-order valence-electron chi connectivity index (χ0n) is 22.2. The van der Waals surface area contributed by atoms with Crippen molar-refractivity contribution < 1.29 is 24.2 Å². The molecular formula is C31H40N2O5. The highest BCUT2D eigenvalue weighted by Crippen LogP contribution is 2.20. The molecular weight excluding hydrogens is 480 g/mol. The van der Waals surface area contributed by atoms with Gasteiger partial charge in [0.2, 0.25) is 11.8 Å². The van der Waals surface area contributed by atoms with Gasteiger partial charge in [0.15, 0.2) is 0 Å². The van der Waals surface area contributed by atoms with Crippen molar-refractivity contribution in [3.05, 3.63) is 97.1 Å². The quantitative estimate of drug-likeness (QED) is 0.213. The summed E-state index contributed by atoms with van der Waals surface area (Å²) in [6, 6.07) is 18.1. The number of hydrogen-bond donors (Lipinski definition) is 3. The molecule has 0 saturated carbocycles. The van der Waals surface area contributed by atoms with Gasteiger partial charge in [-0.25, -0.2) is 0 Å². The van der Waals surface area contributed by atoms with E-state index in [9.17, 15) is 19.5 Å². The van der Waals surface area contributed by atoms with Crippen LogP contribution >= 0.6 is 0 Å². The number of ether oxygens (including phenoxy) is 1. The predicted molar refractivity (Wildman–Crippen MR) is 149 cm³/mol. The Morgan fingerprint density at radius 2 is 1.61 bits per heavy atom. The molecule has 0 fully saturated rings. The molecule has 7 heteroatoms. The minimum atomic E-state index is -0.654. The zero-order chi connectivity index (χ0) is 27.8. The average Bonchev–Trinajstić information content (AvgIpc) is 2.93. The number of hydrogen-bond acceptors (Lipinski definition) is 5. The summed E-state index contributed by atoms with van der Waals surface area (Å²) in [5, 5.41) is 14.8. The number of rotatable bonds is 17. The molecule has 0 bridgehead atoms. The number of allylic oxidation sites excluding steroid dienone is 2. The van der Waals surface area contributed by atoms with Gasteiger partial charge in [0.1, 0.15) is 6.61 Å². The van der Waals surface area contributed by atoms with Gasteiger partial charge in [-0.15, -0.1) is 13.2 Å². The van der Waals surface area contributed by atoms with Crippen molar-refractivity contribution >= 4 is 17.8 Å². The Kier molecular flexibility index (Phi) is 13.6. The highest BCUT2D eigenvalue weighted by Gasteiger charge is 2.27. The lowest BCUT2D eigenvalue weighted by Gasteiger charge is -2.24. The summed E-state index contributed by atoms with van der Waals surface area (Å²) in [6.07, 6.45) is 5.49. The molecule has 3 N–H and O–H groups in total. The maximum absolute atomic E-state index is 13.2. The maximum Gasteiger partial charge on any atom is 0.309 e. The van der Waals surface area contributed by atoms with Gasteiger partial charge in [0, 0.05) is 12.5 Å². The third-order valence-corrected chi connectivity index (χ3v) is 6.22.